The predicted molar refractivity (Wildman–Crippen MR) is 153 cm³/mol. The molecule has 0 aliphatic rings. The Bertz CT molecular complexity index is 1540. The number of ketones is 2. The van der Waals surface area contributed by atoms with Crippen molar-refractivity contribution in [2.24, 2.45) is 0 Å². The summed E-state index contributed by atoms with van der Waals surface area (Å²) in [5.41, 5.74) is 3.51. The molecule has 2 heterocycles. The number of aliphatic carboxylic acids is 1. The largest absolute Gasteiger partial charge is 0.513 e. The third-order valence-corrected chi connectivity index (χ3v) is 8.82. The van der Waals surface area contributed by atoms with E-state index in [4.69, 9.17) is 9.84 Å². The molecular formula is C30H30O6S2. The predicted octanol–water partition coefficient (Wildman–Crippen LogP) is 7.69. The second kappa shape index (κ2) is 11.9. The second-order valence-corrected chi connectivity index (χ2v) is 11.6. The normalized spacial score (nSPS) is 11.2. The first-order valence-electron chi connectivity index (χ1n) is 12.4. The molecule has 0 fully saturated rings. The lowest BCUT2D eigenvalue weighted by molar-refractivity contribution is -0.136. The fraction of sp³-hybridized carbons (Fsp3) is 0.300. The zero-order valence-electron chi connectivity index (χ0n) is 21.5. The molecule has 6 nitrogen and oxygen atoms in total. The molecule has 0 aliphatic carbocycles. The lowest BCUT2D eigenvalue weighted by Gasteiger charge is -2.09. The Morgan fingerprint density at radius 3 is 2.16 bits per heavy atom. The zero-order chi connectivity index (χ0) is 27.4. The summed E-state index contributed by atoms with van der Waals surface area (Å²) in [6.07, 6.45) is 2.89. The smallest absolute Gasteiger partial charge is 0.303 e. The molecule has 0 radical (unpaired) electrons. The van der Waals surface area contributed by atoms with Crippen LogP contribution in [0.25, 0.3) is 20.2 Å². The highest BCUT2D eigenvalue weighted by molar-refractivity contribution is 7.21. The van der Waals surface area contributed by atoms with Crippen LogP contribution >= 0.6 is 22.7 Å². The maximum atomic E-state index is 12.5. The first-order chi connectivity index (χ1) is 18.1. The van der Waals surface area contributed by atoms with Crippen molar-refractivity contribution in [3.05, 3.63) is 75.2 Å². The summed E-state index contributed by atoms with van der Waals surface area (Å²) in [5, 5.41) is 20.3. The fourth-order valence-corrected chi connectivity index (χ4v) is 6.67. The van der Waals surface area contributed by atoms with Crippen molar-refractivity contribution in [3.8, 4) is 5.75 Å². The minimum atomic E-state index is -0.978. The summed E-state index contributed by atoms with van der Waals surface area (Å²) in [7, 11) is 1.62. The molecule has 2 aromatic carbocycles. The average Bonchev–Trinajstić information content (AvgIpc) is 3.49. The van der Waals surface area contributed by atoms with Gasteiger partial charge in [0.2, 0.25) is 0 Å². The first kappa shape index (κ1) is 27.5. The molecule has 0 unspecified atom stereocenters. The van der Waals surface area contributed by atoms with Gasteiger partial charge in [0.25, 0.3) is 0 Å². The Morgan fingerprint density at radius 1 is 0.816 bits per heavy atom. The van der Waals surface area contributed by atoms with E-state index >= 15 is 0 Å². The number of benzene rings is 2. The number of rotatable bonds is 13. The molecule has 0 atom stereocenters. The van der Waals surface area contributed by atoms with Crippen LogP contribution in [0.1, 0.15) is 68.1 Å². The van der Waals surface area contributed by atoms with Crippen LogP contribution in [0.15, 0.2) is 48.7 Å². The van der Waals surface area contributed by atoms with Crippen LogP contribution in [-0.2, 0) is 17.6 Å². The van der Waals surface area contributed by atoms with Crippen LogP contribution in [-0.4, -0.2) is 34.9 Å². The van der Waals surface area contributed by atoms with Gasteiger partial charge in [-0.15, -0.1) is 22.7 Å². The number of Topliss-reactive ketones (excluding diaryl/α,β-unsaturated/α-hetero) is 2. The van der Waals surface area contributed by atoms with Crippen LogP contribution < -0.4 is 4.74 Å². The lowest BCUT2D eigenvalue weighted by Crippen LogP contribution is -2.01. The molecule has 8 heteroatoms. The minimum absolute atomic E-state index is 0.0108. The molecule has 0 saturated heterocycles. The number of hydrogen-bond acceptors (Lipinski definition) is 7. The van der Waals surface area contributed by atoms with Gasteiger partial charge < -0.3 is 14.9 Å². The summed E-state index contributed by atoms with van der Waals surface area (Å²) in [6.45, 7) is 5.54. The third-order valence-electron chi connectivity index (χ3n) is 6.56. The standard InChI is InChI=1S/C30H30O6S2/c1-17-11-21-14-28(24(32)8-7-18(2)31)37-26(21)13-19(17)5-4-6-20-12-22(36-3)15-27-23(20)16-29(38-27)25(33)9-10-30(34)35/h11-16,31H,2,4-10H2,1,3H3,(H,34,35). The molecule has 2 aromatic heterocycles. The minimum Gasteiger partial charge on any atom is -0.513 e. The number of ether oxygens (including phenoxy) is 1. The highest BCUT2D eigenvalue weighted by atomic mass is 32.1. The molecule has 4 rings (SSSR count). The molecule has 38 heavy (non-hydrogen) atoms. The van der Waals surface area contributed by atoms with Gasteiger partial charge in [-0.05, 0) is 84.0 Å². The Morgan fingerprint density at radius 2 is 1.47 bits per heavy atom. The summed E-state index contributed by atoms with van der Waals surface area (Å²) >= 11 is 2.86. The molecule has 0 spiro atoms. The summed E-state index contributed by atoms with van der Waals surface area (Å²) in [5.74, 6) is -0.364. The topological polar surface area (TPSA) is 101 Å². The lowest BCUT2D eigenvalue weighted by atomic mass is 9.98. The molecule has 0 amide bonds. The van der Waals surface area contributed by atoms with Crippen molar-refractivity contribution in [2.75, 3.05) is 7.11 Å². The first-order valence-corrected chi connectivity index (χ1v) is 14.1. The SMILES string of the molecule is C=C(O)CCC(=O)c1cc2cc(C)c(CCCc3cc(OC)cc4sc(C(=O)CCC(=O)O)cc34)cc2s1. The summed E-state index contributed by atoms with van der Waals surface area (Å²) in [6, 6.07) is 12.0. The van der Waals surface area contributed by atoms with E-state index in [1.165, 1.54) is 33.8 Å². The van der Waals surface area contributed by atoms with E-state index < -0.39 is 5.97 Å². The number of carboxylic acids is 1. The van der Waals surface area contributed by atoms with Crippen LogP contribution in [0.5, 0.6) is 5.75 Å². The number of carbonyl (C=O) groups is 3. The van der Waals surface area contributed by atoms with Crippen molar-refractivity contribution >= 4 is 60.4 Å². The van der Waals surface area contributed by atoms with E-state index in [1.807, 2.05) is 24.3 Å². The Kier molecular flexibility index (Phi) is 8.64. The van der Waals surface area contributed by atoms with Gasteiger partial charge in [-0.3, -0.25) is 14.4 Å². The van der Waals surface area contributed by atoms with Crippen LogP contribution in [0.4, 0.5) is 0 Å². The maximum absolute atomic E-state index is 12.5. The van der Waals surface area contributed by atoms with Gasteiger partial charge in [-0.1, -0.05) is 12.6 Å². The fourth-order valence-electron chi connectivity index (χ4n) is 4.49. The molecule has 198 valence electrons. The van der Waals surface area contributed by atoms with Gasteiger partial charge in [-0.2, -0.15) is 0 Å². The number of aryl methyl sites for hydroxylation is 3. The monoisotopic (exact) mass is 550 g/mol. The number of fused-ring (bicyclic) bond motifs is 2. The number of methoxy groups -OCH3 is 1. The van der Waals surface area contributed by atoms with Crippen molar-refractivity contribution < 1.29 is 29.3 Å². The molecular weight excluding hydrogens is 520 g/mol. The van der Waals surface area contributed by atoms with E-state index in [9.17, 15) is 19.5 Å². The number of aliphatic hydroxyl groups is 1. The van der Waals surface area contributed by atoms with Crippen LogP contribution in [0.2, 0.25) is 0 Å². The second-order valence-electron chi connectivity index (χ2n) is 9.40. The molecule has 0 saturated carbocycles. The van der Waals surface area contributed by atoms with Crippen LogP contribution in [0, 0.1) is 6.92 Å². The van der Waals surface area contributed by atoms with Gasteiger partial charge in [-0.25, -0.2) is 0 Å². The third kappa shape index (κ3) is 6.49. The van der Waals surface area contributed by atoms with Crippen molar-refractivity contribution in [3.63, 3.8) is 0 Å². The number of carbonyl (C=O) groups excluding carboxylic acids is 2. The highest BCUT2D eigenvalue weighted by Crippen LogP contribution is 2.35. The van der Waals surface area contributed by atoms with Gasteiger partial charge >= 0.3 is 5.97 Å². The number of aliphatic hydroxyl groups excluding tert-OH is 1. The van der Waals surface area contributed by atoms with Crippen molar-refractivity contribution in [1.29, 1.82) is 0 Å². The molecule has 4 aromatic rings. The molecule has 0 aliphatic heterocycles. The highest BCUT2D eigenvalue weighted by Gasteiger charge is 2.16. The van der Waals surface area contributed by atoms with Crippen molar-refractivity contribution in [1.82, 2.24) is 0 Å². The maximum Gasteiger partial charge on any atom is 0.303 e. The Hall–Kier alpha value is -3.49. The molecule has 0 bridgehead atoms. The summed E-state index contributed by atoms with van der Waals surface area (Å²) < 4.78 is 7.52. The zero-order valence-corrected chi connectivity index (χ0v) is 23.1. The van der Waals surface area contributed by atoms with Gasteiger partial charge in [0.15, 0.2) is 11.6 Å². The van der Waals surface area contributed by atoms with Gasteiger partial charge in [0.1, 0.15) is 5.75 Å². The number of carboxylic acid groups (broad SMARTS) is 1. The van der Waals surface area contributed by atoms with Crippen LogP contribution in [0.3, 0.4) is 0 Å². The van der Waals surface area contributed by atoms with Gasteiger partial charge in [0.05, 0.1) is 29.0 Å². The summed E-state index contributed by atoms with van der Waals surface area (Å²) in [4.78, 5) is 37.1. The van der Waals surface area contributed by atoms with Gasteiger partial charge in [0, 0.05) is 28.7 Å². The van der Waals surface area contributed by atoms with Crippen molar-refractivity contribution in [2.45, 2.75) is 51.9 Å². The van der Waals surface area contributed by atoms with E-state index in [0.717, 1.165) is 50.7 Å². The van der Waals surface area contributed by atoms with E-state index in [2.05, 4.69) is 25.6 Å². The number of thiophene rings is 2. The van der Waals surface area contributed by atoms with E-state index in [-0.39, 0.29) is 43.0 Å². The molecule has 2 N–H and O–H groups in total. The number of allylic oxidation sites excluding steroid dienone is 1. The quantitative estimate of drug-likeness (QED) is 0.131. The van der Waals surface area contributed by atoms with E-state index in [1.54, 1.807) is 7.11 Å². The average molecular weight is 551 g/mol. The Labute approximate surface area is 229 Å². The Balaban J connectivity index is 1.50. The van der Waals surface area contributed by atoms with E-state index in [0.29, 0.717) is 9.75 Å². The number of hydrogen-bond donors (Lipinski definition) is 2.